The van der Waals surface area contributed by atoms with Crippen molar-refractivity contribution in [2.24, 2.45) is 0 Å². The molecule has 5 nitrogen and oxygen atoms in total. The van der Waals surface area contributed by atoms with Crippen LogP contribution >= 0.6 is 0 Å². The van der Waals surface area contributed by atoms with Crippen LogP contribution in [0.1, 0.15) is 44.9 Å². The van der Waals surface area contributed by atoms with E-state index in [1.54, 1.807) is 0 Å². The van der Waals surface area contributed by atoms with E-state index in [0.29, 0.717) is 6.54 Å². The average molecular weight is 265 g/mol. The summed E-state index contributed by atoms with van der Waals surface area (Å²) >= 11 is 0. The van der Waals surface area contributed by atoms with Gasteiger partial charge in [0, 0.05) is 6.04 Å². The van der Waals surface area contributed by atoms with Crippen LogP contribution in [-0.4, -0.2) is 47.2 Å². The molecule has 1 aliphatic heterocycles. The molecule has 5 heteroatoms. The highest BCUT2D eigenvalue weighted by Crippen LogP contribution is 2.28. The van der Waals surface area contributed by atoms with E-state index in [1.165, 1.54) is 0 Å². The Kier molecular flexibility index (Phi) is 4.78. The first-order chi connectivity index (χ1) is 9.19. The first-order valence-electron chi connectivity index (χ1n) is 7.26. The lowest BCUT2D eigenvalue weighted by Crippen LogP contribution is -2.52. The Morgan fingerprint density at radius 1 is 1.37 bits per heavy atom. The van der Waals surface area contributed by atoms with Crippen LogP contribution in [0, 0.1) is 11.3 Å². The van der Waals surface area contributed by atoms with Gasteiger partial charge in [-0.25, -0.2) is 0 Å². The predicted octanol–water partition coefficient (Wildman–Crippen LogP) is 0.786. The molecular formula is C14H23N3O2. The van der Waals surface area contributed by atoms with E-state index in [4.69, 9.17) is 0 Å². The quantitative estimate of drug-likeness (QED) is 0.788. The molecule has 1 saturated heterocycles. The summed E-state index contributed by atoms with van der Waals surface area (Å²) < 4.78 is 0. The molecule has 2 N–H and O–H groups in total. The van der Waals surface area contributed by atoms with Crippen LogP contribution in [0.3, 0.4) is 0 Å². The zero-order chi connectivity index (χ0) is 13.7. The Hall–Kier alpha value is -1.12. The summed E-state index contributed by atoms with van der Waals surface area (Å²) in [5, 5.41) is 21.5. The van der Waals surface area contributed by atoms with Crippen LogP contribution in [0.25, 0.3) is 0 Å². The number of aliphatic hydroxyl groups is 1. The third-order valence-electron chi connectivity index (χ3n) is 4.36. The van der Waals surface area contributed by atoms with E-state index in [0.717, 1.165) is 51.5 Å². The molecule has 2 aliphatic rings. The van der Waals surface area contributed by atoms with Gasteiger partial charge in [-0.1, -0.05) is 6.42 Å². The van der Waals surface area contributed by atoms with Crippen molar-refractivity contribution < 1.29 is 9.90 Å². The highest BCUT2D eigenvalue weighted by Gasteiger charge is 2.36. The second-order valence-electron chi connectivity index (χ2n) is 5.75. The van der Waals surface area contributed by atoms with Crippen molar-refractivity contribution in [1.82, 2.24) is 10.2 Å². The minimum absolute atomic E-state index is 0.0798. The van der Waals surface area contributed by atoms with Crippen LogP contribution in [0.5, 0.6) is 0 Å². The SMILES string of the molecule is N#CC1(NC(=O)CN2CCCCC2CO)CCCC1. The largest absolute Gasteiger partial charge is 0.395 e. The Labute approximate surface area is 114 Å². The van der Waals surface area contributed by atoms with Gasteiger partial charge in [0.1, 0.15) is 5.54 Å². The maximum absolute atomic E-state index is 12.1. The fourth-order valence-corrected chi connectivity index (χ4v) is 3.21. The average Bonchev–Trinajstić information content (AvgIpc) is 2.88. The first-order valence-corrected chi connectivity index (χ1v) is 7.26. The Morgan fingerprint density at radius 3 is 2.74 bits per heavy atom. The number of hydrogen-bond acceptors (Lipinski definition) is 4. The maximum Gasteiger partial charge on any atom is 0.235 e. The molecule has 1 atom stereocenters. The van der Waals surface area contributed by atoms with Crippen LogP contribution < -0.4 is 5.32 Å². The van der Waals surface area contributed by atoms with Gasteiger partial charge < -0.3 is 10.4 Å². The lowest BCUT2D eigenvalue weighted by atomic mass is 9.99. The maximum atomic E-state index is 12.1. The number of carbonyl (C=O) groups is 1. The summed E-state index contributed by atoms with van der Waals surface area (Å²) in [6, 6.07) is 2.37. The molecule has 0 aromatic heterocycles. The zero-order valence-corrected chi connectivity index (χ0v) is 11.4. The number of amides is 1. The second kappa shape index (κ2) is 6.36. The molecule has 1 heterocycles. The van der Waals surface area contributed by atoms with E-state index < -0.39 is 5.54 Å². The zero-order valence-electron chi connectivity index (χ0n) is 11.4. The molecule has 2 fully saturated rings. The van der Waals surface area contributed by atoms with Gasteiger partial charge in [0.2, 0.25) is 5.91 Å². The lowest BCUT2D eigenvalue weighted by Gasteiger charge is -2.34. The molecule has 1 saturated carbocycles. The number of aliphatic hydroxyl groups excluding tert-OH is 1. The van der Waals surface area contributed by atoms with E-state index in [-0.39, 0.29) is 18.6 Å². The number of nitrogens with zero attached hydrogens (tertiary/aromatic N) is 2. The van der Waals surface area contributed by atoms with Crippen molar-refractivity contribution in [3.8, 4) is 6.07 Å². The molecule has 1 unspecified atom stereocenters. The van der Waals surface area contributed by atoms with Gasteiger partial charge in [-0.2, -0.15) is 5.26 Å². The number of carbonyl (C=O) groups excluding carboxylic acids is 1. The summed E-state index contributed by atoms with van der Waals surface area (Å²) in [4.78, 5) is 14.1. The number of hydrogen-bond donors (Lipinski definition) is 2. The number of likely N-dealkylation sites (tertiary alicyclic amines) is 1. The third kappa shape index (κ3) is 3.46. The minimum Gasteiger partial charge on any atom is -0.395 e. The molecule has 0 bridgehead atoms. The van der Waals surface area contributed by atoms with Crippen molar-refractivity contribution in [3.63, 3.8) is 0 Å². The van der Waals surface area contributed by atoms with Gasteiger partial charge >= 0.3 is 0 Å². The van der Waals surface area contributed by atoms with Crippen molar-refractivity contribution in [2.45, 2.75) is 56.5 Å². The van der Waals surface area contributed by atoms with Crippen LogP contribution in [0.15, 0.2) is 0 Å². The van der Waals surface area contributed by atoms with Crippen molar-refractivity contribution in [1.29, 1.82) is 5.26 Å². The molecule has 106 valence electrons. The van der Waals surface area contributed by atoms with E-state index in [9.17, 15) is 15.2 Å². The highest BCUT2D eigenvalue weighted by atomic mass is 16.3. The van der Waals surface area contributed by atoms with Crippen molar-refractivity contribution in [3.05, 3.63) is 0 Å². The molecule has 0 radical (unpaired) electrons. The molecule has 0 aromatic carbocycles. The molecule has 2 rings (SSSR count). The standard InChI is InChI=1S/C14H23N3O2/c15-11-14(6-2-3-7-14)16-13(19)9-17-8-4-1-5-12(17)10-18/h12,18H,1-10H2,(H,16,19). The highest BCUT2D eigenvalue weighted by molar-refractivity contribution is 5.79. The first kappa shape index (κ1) is 14.3. The Balaban J connectivity index is 1.88. The summed E-state index contributed by atoms with van der Waals surface area (Å²) in [5.74, 6) is -0.0798. The van der Waals surface area contributed by atoms with Gasteiger partial charge in [0.05, 0.1) is 19.2 Å². The molecule has 1 aliphatic carbocycles. The van der Waals surface area contributed by atoms with Gasteiger partial charge in [-0.3, -0.25) is 9.69 Å². The number of piperidine rings is 1. The fourth-order valence-electron chi connectivity index (χ4n) is 3.21. The summed E-state index contributed by atoms with van der Waals surface area (Å²) in [7, 11) is 0. The van der Waals surface area contributed by atoms with Gasteiger partial charge in [0.15, 0.2) is 0 Å². The third-order valence-corrected chi connectivity index (χ3v) is 4.36. The van der Waals surface area contributed by atoms with E-state index >= 15 is 0 Å². The Bertz CT molecular complexity index is 358. The summed E-state index contributed by atoms with van der Waals surface area (Å²) in [5.41, 5.74) is -0.637. The molecular weight excluding hydrogens is 242 g/mol. The fraction of sp³-hybridized carbons (Fsp3) is 0.857. The van der Waals surface area contributed by atoms with Crippen LogP contribution in [0.4, 0.5) is 0 Å². The van der Waals surface area contributed by atoms with Crippen LogP contribution in [-0.2, 0) is 4.79 Å². The molecule has 0 aromatic rings. The van der Waals surface area contributed by atoms with E-state index in [2.05, 4.69) is 11.4 Å². The normalized spacial score (nSPS) is 26.8. The summed E-state index contributed by atoms with van der Waals surface area (Å²) in [6.07, 6.45) is 6.69. The smallest absolute Gasteiger partial charge is 0.235 e. The van der Waals surface area contributed by atoms with Gasteiger partial charge in [-0.05, 0) is 45.1 Å². The van der Waals surface area contributed by atoms with Gasteiger partial charge in [-0.15, -0.1) is 0 Å². The molecule has 19 heavy (non-hydrogen) atoms. The number of rotatable bonds is 4. The van der Waals surface area contributed by atoms with Crippen molar-refractivity contribution in [2.75, 3.05) is 19.7 Å². The lowest BCUT2D eigenvalue weighted by molar-refractivity contribution is -0.124. The summed E-state index contributed by atoms with van der Waals surface area (Å²) in [6.45, 7) is 1.27. The predicted molar refractivity (Wildman–Crippen MR) is 71.3 cm³/mol. The topological polar surface area (TPSA) is 76.4 Å². The monoisotopic (exact) mass is 265 g/mol. The number of nitriles is 1. The Morgan fingerprint density at radius 2 is 2.11 bits per heavy atom. The minimum atomic E-state index is -0.637. The number of nitrogens with one attached hydrogen (secondary N) is 1. The van der Waals surface area contributed by atoms with Crippen LogP contribution in [0.2, 0.25) is 0 Å². The van der Waals surface area contributed by atoms with E-state index in [1.807, 2.05) is 4.90 Å². The second-order valence-corrected chi connectivity index (χ2v) is 5.75. The molecule has 1 amide bonds. The van der Waals surface area contributed by atoms with Crippen molar-refractivity contribution >= 4 is 5.91 Å². The molecule has 0 spiro atoms. The van der Waals surface area contributed by atoms with Gasteiger partial charge in [0.25, 0.3) is 0 Å².